The molecule has 0 radical (unpaired) electrons. The average molecular weight is 286 g/mol. The lowest BCUT2D eigenvalue weighted by molar-refractivity contribution is 0.235. The Balaban J connectivity index is 1.72. The van der Waals surface area contributed by atoms with Gasteiger partial charge in [-0.1, -0.05) is 18.2 Å². The number of rotatable bonds is 1. The molecule has 1 N–H and O–H groups in total. The molecule has 3 aliphatic rings. The summed E-state index contributed by atoms with van der Waals surface area (Å²) >= 11 is 1.83. The molecule has 1 aliphatic carbocycles. The summed E-state index contributed by atoms with van der Waals surface area (Å²) in [5.41, 5.74) is 5.60. The highest BCUT2D eigenvalue weighted by Gasteiger charge is 2.39. The minimum atomic E-state index is 0.00193. The Labute approximate surface area is 123 Å². The fraction of sp³-hybridized carbons (Fsp3) is 0.438. The molecule has 0 aromatic heterocycles. The van der Waals surface area contributed by atoms with Crippen LogP contribution in [0.4, 0.5) is 0 Å². The van der Waals surface area contributed by atoms with Crippen molar-refractivity contribution < 1.29 is 4.74 Å². The number of nitrogens with one attached hydrogen (secondary N) is 1. The number of hydrogen-bond acceptors (Lipinski definition) is 4. The van der Waals surface area contributed by atoms with Gasteiger partial charge < -0.3 is 10.1 Å². The van der Waals surface area contributed by atoms with Gasteiger partial charge in [0.2, 0.25) is 0 Å². The average Bonchev–Trinajstić information content (AvgIpc) is 3.09. The Morgan fingerprint density at radius 3 is 3.10 bits per heavy atom. The second kappa shape index (κ2) is 4.55. The number of benzene rings is 1. The topological polar surface area (TPSA) is 33.6 Å². The van der Waals surface area contributed by atoms with Crippen LogP contribution in [0.3, 0.4) is 0 Å². The second-order valence-electron chi connectivity index (χ2n) is 5.78. The van der Waals surface area contributed by atoms with Gasteiger partial charge in [-0.2, -0.15) is 0 Å². The van der Waals surface area contributed by atoms with Crippen molar-refractivity contribution in [3.63, 3.8) is 0 Å². The van der Waals surface area contributed by atoms with E-state index in [1.54, 1.807) is 0 Å². The molecule has 0 bridgehead atoms. The molecule has 3 nitrogen and oxygen atoms in total. The quantitative estimate of drug-likeness (QED) is 0.862. The zero-order valence-corrected chi connectivity index (χ0v) is 12.4. The highest BCUT2D eigenvalue weighted by Crippen LogP contribution is 2.38. The van der Waals surface area contributed by atoms with Crippen LogP contribution in [0.2, 0.25) is 0 Å². The largest absolute Gasteiger partial charge is 0.479 e. The summed E-state index contributed by atoms with van der Waals surface area (Å²) in [7, 11) is 0. The van der Waals surface area contributed by atoms with Gasteiger partial charge in [0.05, 0.1) is 5.88 Å². The molecular formula is C16H18N2OS. The molecule has 4 heteroatoms. The van der Waals surface area contributed by atoms with E-state index in [1.807, 2.05) is 18.7 Å². The van der Waals surface area contributed by atoms with Gasteiger partial charge in [0, 0.05) is 24.6 Å². The van der Waals surface area contributed by atoms with Crippen LogP contribution >= 0.6 is 11.8 Å². The standard InChI is InChI=1S/C16H18N2OS/c1-11-18-16(9-19-11)6-5-13-12(7-16)3-2-4-14(13)15-8-20-10-17-15/h2-4,8,17H,5-7,9-10H2,1H3. The summed E-state index contributed by atoms with van der Waals surface area (Å²) in [6.45, 7) is 2.71. The van der Waals surface area contributed by atoms with Gasteiger partial charge in [0.1, 0.15) is 12.1 Å². The molecule has 1 aromatic rings. The van der Waals surface area contributed by atoms with Crippen LogP contribution in [0, 0.1) is 0 Å². The smallest absolute Gasteiger partial charge is 0.180 e. The first-order valence-corrected chi connectivity index (χ1v) is 8.17. The van der Waals surface area contributed by atoms with Crippen molar-refractivity contribution in [3.05, 3.63) is 40.3 Å². The molecule has 2 aliphatic heterocycles. The van der Waals surface area contributed by atoms with Crippen molar-refractivity contribution in [3.8, 4) is 0 Å². The normalized spacial score (nSPS) is 27.6. The number of ether oxygens (including phenoxy) is 1. The number of aliphatic imine (C=N–C) groups is 1. The summed E-state index contributed by atoms with van der Waals surface area (Å²) in [4.78, 5) is 4.77. The van der Waals surface area contributed by atoms with Crippen molar-refractivity contribution in [1.29, 1.82) is 0 Å². The number of fused-ring (bicyclic) bond motifs is 1. The van der Waals surface area contributed by atoms with Gasteiger partial charge in [-0.25, -0.2) is 4.99 Å². The molecule has 0 fully saturated rings. The second-order valence-corrected chi connectivity index (χ2v) is 6.64. The van der Waals surface area contributed by atoms with Crippen LogP contribution < -0.4 is 5.32 Å². The summed E-state index contributed by atoms with van der Waals surface area (Å²) in [6.07, 6.45) is 3.19. The zero-order chi connectivity index (χ0) is 13.6. The summed E-state index contributed by atoms with van der Waals surface area (Å²) in [6, 6.07) is 6.66. The van der Waals surface area contributed by atoms with E-state index in [0.29, 0.717) is 0 Å². The maximum absolute atomic E-state index is 5.61. The Morgan fingerprint density at radius 2 is 2.35 bits per heavy atom. The molecule has 1 atom stereocenters. The summed E-state index contributed by atoms with van der Waals surface area (Å²) < 4.78 is 5.61. The van der Waals surface area contributed by atoms with Crippen molar-refractivity contribution >= 4 is 23.4 Å². The molecule has 104 valence electrons. The van der Waals surface area contributed by atoms with E-state index >= 15 is 0 Å². The van der Waals surface area contributed by atoms with Gasteiger partial charge in [-0.3, -0.25) is 0 Å². The lowest BCUT2D eigenvalue weighted by atomic mass is 9.77. The van der Waals surface area contributed by atoms with Crippen molar-refractivity contribution in [2.75, 3.05) is 12.5 Å². The lowest BCUT2D eigenvalue weighted by Crippen LogP contribution is -2.36. The van der Waals surface area contributed by atoms with Gasteiger partial charge >= 0.3 is 0 Å². The van der Waals surface area contributed by atoms with Crippen molar-refractivity contribution in [1.82, 2.24) is 5.32 Å². The molecule has 0 amide bonds. The van der Waals surface area contributed by atoms with Crippen LogP contribution in [0.15, 0.2) is 28.6 Å². The number of nitrogens with zero attached hydrogens (tertiary/aromatic N) is 1. The molecule has 1 spiro atoms. The third-order valence-corrected chi connectivity index (χ3v) is 5.13. The van der Waals surface area contributed by atoms with Gasteiger partial charge in [0.25, 0.3) is 0 Å². The summed E-state index contributed by atoms with van der Waals surface area (Å²) in [5.74, 6) is 1.83. The van der Waals surface area contributed by atoms with Crippen LogP contribution in [-0.2, 0) is 17.6 Å². The highest BCUT2D eigenvalue weighted by molar-refractivity contribution is 8.02. The Bertz CT molecular complexity index is 623. The van der Waals surface area contributed by atoms with E-state index in [2.05, 4.69) is 28.9 Å². The van der Waals surface area contributed by atoms with E-state index in [4.69, 9.17) is 9.73 Å². The fourth-order valence-electron chi connectivity index (χ4n) is 3.45. The Morgan fingerprint density at radius 1 is 1.40 bits per heavy atom. The lowest BCUT2D eigenvalue weighted by Gasteiger charge is -2.31. The number of thioether (sulfide) groups is 1. The predicted molar refractivity (Wildman–Crippen MR) is 83.8 cm³/mol. The molecule has 1 unspecified atom stereocenters. The van der Waals surface area contributed by atoms with Crippen LogP contribution in [0.5, 0.6) is 0 Å². The monoisotopic (exact) mass is 286 g/mol. The molecule has 2 heterocycles. The van der Waals surface area contributed by atoms with E-state index in [1.165, 1.54) is 22.4 Å². The fourth-order valence-corrected chi connectivity index (χ4v) is 4.15. The summed E-state index contributed by atoms with van der Waals surface area (Å²) in [5, 5.41) is 5.70. The Hall–Kier alpha value is -1.42. The van der Waals surface area contributed by atoms with E-state index < -0.39 is 0 Å². The minimum Gasteiger partial charge on any atom is -0.479 e. The van der Waals surface area contributed by atoms with E-state index in [-0.39, 0.29) is 5.54 Å². The third kappa shape index (κ3) is 1.94. The van der Waals surface area contributed by atoms with Crippen LogP contribution in [-0.4, -0.2) is 23.9 Å². The van der Waals surface area contributed by atoms with Crippen molar-refractivity contribution in [2.45, 2.75) is 31.7 Å². The first-order valence-electron chi connectivity index (χ1n) is 7.12. The molecule has 0 saturated carbocycles. The molecular weight excluding hydrogens is 268 g/mol. The Kier molecular flexibility index (Phi) is 2.81. The van der Waals surface area contributed by atoms with Crippen molar-refractivity contribution in [2.24, 2.45) is 4.99 Å². The molecule has 4 rings (SSSR count). The van der Waals surface area contributed by atoms with Gasteiger partial charge in [0.15, 0.2) is 5.90 Å². The zero-order valence-electron chi connectivity index (χ0n) is 11.6. The van der Waals surface area contributed by atoms with E-state index in [9.17, 15) is 0 Å². The first kappa shape index (κ1) is 12.3. The highest BCUT2D eigenvalue weighted by atomic mass is 32.2. The van der Waals surface area contributed by atoms with Crippen LogP contribution in [0.1, 0.15) is 30.0 Å². The van der Waals surface area contributed by atoms with Gasteiger partial charge in [-0.15, -0.1) is 11.8 Å². The molecule has 0 saturated heterocycles. The van der Waals surface area contributed by atoms with Crippen LogP contribution in [0.25, 0.3) is 5.70 Å². The molecule has 20 heavy (non-hydrogen) atoms. The maximum Gasteiger partial charge on any atom is 0.180 e. The minimum absolute atomic E-state index is 0.00193. The maximum atomic E-state index is 5.61. The first-order chi connectivity index (χ1) is 9.76. The van der Waals surface area contributed by atoms with Gasteiger partial charge in [-0.05, 0) is 29.4 Å². The SMILES string of the molecule is CC1=NC2(CCc3c(cccc3C3=CSCN3)C2)CO1. The number of hydrogen-bond donors (Lipinski definition) is 1. The molecule has 1 aromatic carbocycles. The predicted octanol–water partition coefficient (Wildman–Crippen LogP) is 2.96. The third-order valence-electron chi connectivity index (χ3n) is 4.41. The van der Waals surface area contributed by atoms with E-state index in [0.717, 1.165) is 37.6 Å².